The summed E-state index contributed by atoms with van der Waals surface area (Å²) in [5, 5.41) is 0.651. The van der Waals surface area contributed by atoms with Crippen LogP contribution in [0.5, 0.6) is 0 Å². The highest BCUT2D eigenvalue weighted by atomic mass is 79.9. The molecule has 5 rings (SSSR count). The normalized spacial score (nSPS) is 14.1. The van der Waals surface area contributed by atoms with E-state index in [0.29, 0.717) is 27.6 Å². The van der Waals surface area contributed by atoms with Gasteiger partial charge in [-0.05, 0) is 74.8 Å². The van der Waals surface area contributed by atoms with E-state index in [9.17, 15) is 18.0 Å². The van der Waals surface area contributed by atoms with Gasteiger partial charge in [0.05, 0.1) is 22.1 Å². The molecule has 1 aliphatic carbocycles. The zero-order valence-electron chi connectivity index (χ0n) is 22.2. The smallest absolute Gasteiger partial charge is 0.329 e. The molecule has 1 aliphatic rings. The number of carbonyl (C=O) groups is 1. The summed E-state index contributed by atoms with van der Waals surface area (Å²) in [5.41, 5.74) is 5.86. The van der Waals surface area contributed by atoms with Crippen LogP contribution in [0, 0.1) is 0 Å². The van der Waals surface area contributed by atoms with Gasteiger partial charge >= 0.3 is 5.69 Å². The molecular formula is C26H34BrN5O5S. The molecule has 0 radical (unpaired) electrons. The van der Waals surface area contributed by atoms with E-state index >= 15 is 0 Å². The fourth-order valence-electron chi connectivity index (χ4n) is 4.50. The number of hydrogen-bond acceptors (Lipinski definition) is 7. The predicted octanol–water partition coefficient (Wildman–Crippen LogP) is 4.34. The van der Waals surface area contributed by atoms with Crippen LogP contribution in [0.2, 0.25) is 0 Å². The SMILES string of the molecule is CC(C)(C)OC=O.CN.Cn1c(=O)n(C2CCCC2)c2c3cc(Br)n(S(=O)(=O)c4ccccc4)c3ncc21. The maximum Gasteiger partial charge on any atom is 0.329 e. The van der Waals surface area contributed by atoms with Gasteiger partial charge in [-0.3, -0.25) is 13.9 Å². The van der Waals surface area contributed by atoms with Gasteiger partial charge in [0.25, 0.3) is 16.5 Å². The standard InChI is InChI=1S/C20H19BrN4O3S.C5H10O2.CH5N/c1-23-16-12-22-19-15(18(16)24(20(23)26)13-7-5-6-8-13)11-17(21)25(19)29(27,28)14-9-3-2-4-10-14;1-5(2,3)7-4-6;1-2/h2-4,9-13H,5-8H2,1H3;4H,1-3H3;2H2,1H3. The summed E-state index contributed by atoms with van der Waals surface area (Å²) in [5.74, 6) is 0. The van der Waals surface area contributed by atoms with Crippen LogP contribution in [0.15, 0.2) is 56.9 Å². The van der Waals surface area contributed by atoms with Crippen LogP contribution in [0.25, 0.3) is 22.1 Å². The lowest BCUT2D eigenvalue weighted by atomic mass is 10.2. The molecule has 0 aliphatic heterocycles. The van der Waals surface area contributed by atoms with Gasteiger partial charge in [-0.2, -0.15) is 0 Å². The maximum atomic E-state index is 13.3. The van der Waals surface area contributed by atoms with Crippen LogP contribution in [0.4, 0.5) is 0 Å². The monoisotopic (exact) mass is 607 g/mol. The number of halogens is 1. The predicted molar refractivity (Wildman–Crippen MR) is 152 cm³/mol. The number of pyridine rings is 1. The van der Waals surface area contributed by atoms with E-state index in [0.717, 1.165) is 31.2 Å². The summed E-state index contributed by atoms with van der Waals surface area (Å²) in [7, 11) is -0.611. The summed E-state index contributed by atoms with van der Waals surface area (Å²) >= 11 is 3.41. The molecule has 206 valence electrons. The number of nitrogens with zero attached hydrogens (tertiary/aromatic N) is 4. The molecule has 3 aromatic heterocycles. The number of imidazole rings is 1. The van der Waals surface area contributed by atoms with E-state index in [2.05, 4.69) is 31.4 Å². The fourth-order valence-corrected chi connectivity index (χ4v) is 6.84. The Balaban J connectivity index is 0.000000389. The molecule has 0 amide bonds. The fraction of sp³-hybridized carbons (Fsp3) is 0.423. The first-order valence-electron chi connectivity index (χ1n) is 12.2. The molecule has 0 saturated heterocycles. The average molecular weight is 609 g/mol. The summed E-state index contributed by atoms with van der Waals surface area (Å²) in [4.78, 5) is 27.2. The minimum absolute atomic E-state index is 0.0870. The number of carbonyl (C=O) groups excluding carboxylic acids is 1. The van der Waals surface area contributed by atoms with Gasteiger partial charge in [-0.25, -0.2) is 22.2 Å². The molecule has 3 heterocycles. The van der Waals surface area contributed by atoms with Crippen LogP contribution in [0.3, 0.4) is 0 Å². The summed E-state index contributed by atoms with van der Waals surface area (Å²) in [6.07, 6.45) is 5.68. The van der Waals surface area contributed by atoms with E-state index in [1.54, 1.807) is 54.2 Å². The molecule has 12 heteroatoms. The Kier molecular flexibility index (Phi) is 9.21. The number of aromatic nitrogens is 4. The van der Waals surface area contributed by atoms with E-state index in [1.807, 2.05) is 25.3 Å². The van der Waals surface area contributed by atoms with Crippen molar-refractivity contribution >= 4 is 54.5 Å². The Bertz CT molecular complexity index is 1580. The second-order valence-corrected chi connectivity index (χ2v) is 12.4. The largest absolute Gasteiger partial charge is 0.462 e. The first-order valence-corrected chi connectivity index (χ1v) is 14.5. The number of nitrogens with two attached hydrogens (primary N) is 1. The van der Waals surface area contributed by atoms with Crippen molar-refractivity contribution in [3.05, 3.63) is 57.7 Å². The number of fused-ring (bicyclic) bond motifs is 3. The van der Waals surface area contributed by atoms with Gasteiger partial charge in [0.2, 0.25) is 0 Å². The average Bonchev–Trinajstić information content (AvgIpc) is 3.58. The zero-order chi connectivity index (χ0) is 28.3. The van der Waals surface area contributed by atoms with Crippen LogP contribution in [0.1, 0.15) is 52.5 Å². The summed E-state index contributed by atoms with van der Waals surface area (Å²) < 4.78 is 36.2. The highest BCUT2D eigenvalue weighted by Gasteiger charge is 2.28. The number of hydrogen-bond donors (Lipinski definition) is 1. The Morgan fingerprint density at radius 1 is 1.13 bits per heavy atom. The highest BCUT2D eigenvalue weighted by molar-refractivity contribution is 9.10. The number of benzene rings is 1. The quantitative estimate of drug-likeness (QED) is 0.341. The lowest BCUT2D eigenvalue weighted by molar-refractivity contribution is -0.138. The Morgan fingerprint density at radius 3 is 2.26 bits per heavy atom. The van der Waals surface area contributed by atoms with Gasteiger partial charge in [-0.1, -0.05) is 31.0 Å². The van der Waals surface area contributed by atoms with Crippen LogP contribution in [-0.4, -0.2) is 45.6 Å². The third-order valence-corrected chi connectivity index (χ3v) is 8.70. The lowest BCUT2D eigenvalue weighted by Gasteiger charge is -2.14. The van der Waals surface area contributed by atoms with Crippen molar-refractivity contribution in [2.24, 2.45) is 12.8 Å². The minimum atomic E-state index is -3.84. The van der Waals surface area contributed by atoms with Crippen molar-refractivity contribution < 1.29 is 17.9 Å². The first-order chi connectivity index (χ1) is 18.0. The van der Waals surface area contributed by atoms with E-state index < -0.39 is 10.0 Å². The van der Waals surface area contributed by atoms with Crippen LogP contribution >= 0.6 is 15.9 Å². The highest BCUT2D eigenvalue weighted by Crippen LogP contribution is 2.36. The van der Waals surface area contributed by atoms with Crippen molar-refractivity contribution in [2.75, 3.05) is 7.05 Å². The summed E-state index contributed by atoms with van der Waals surface area (Å²) in [6.45, 7) is 5.92. The Morgan fingerprint density at radius 2 is 1.74 bits per heavy atom. The lowest BCUT2D eigenvalue weighted by Crippen LogP contribution is -2.24. The van der Waals surface area contributed by atoms with E-state index in [1.165, 1.54) is 11.0 Å². The van der Waals surface area contributed by atoms with E-state index in [4.69, 9.17) is 0 Å². The van der Waals surface area contributed by atoms with Gasteiger partial charge in [0.15, 0.2) is 5.65 Å². The van der Waals surface area contributed by atoms with Gasteiger partial charge in [0.1, 0.15) is 10.2 Å². The van der Waals surface area contributed by atoms with Crippen molar-refractivity contribution in [3.63, 3.8) is 0 Å². The third-order valence-electron chi connectivity index (χ3n) is 6.17. The zero-order valence-corrected chi connectivity index (χ0v) is 24.6. The van der Waals surface area contributed by atoms with Gasteiger partial charge in [0, 0.05) is 18.5 Å². The third kappa shape index (κ3) is 5.71. The minimum Gasteiger partial charge on any atom is -0.462 e. The Hall–Kier alpha value is -2.96. The van der Waals surface area contributed by atoms with Crippen molar-refractivity contribution in [3.8, 4) is 0 Å². The molecule has 0 spiro atoms. The molecule has 1 saturated carbocycles. The molecule has 0 atom stereocenters. The molecule has 0 unspecified atom stereocenters. The van der Waals surface area contributed by atoms with Crippen molar-refractivity contribution in [1.82, 2.24) is 18.1 Å². The molecule has 0 bridgehead atoms. The second-order valence-electron chi connectivity index (χ2n) is 9.76. The second kappa shape index (κ2) is 11.8. The van der Waals surface area contributed by atoms with Crippen LogP contribution < -0.4 is 11.4 Å². The first kappa shape index (κ1) is 29.6. The maximum absolute atomic E-state index is 13.3. The molecule has 1 aromatic carbocycles. The summed E-state index contributed by atoms with van der Waals surface area (Å²) in [6, 6.07) is 10.1. The van der Waals surface area contributed by atoms with Crippen molar-refractivity contribution in [1.29, 1.82) is 0 Å². The number of ether oxygens (including phenoxy) is 1. The topological polar surface area (TPSA) is 131 Å². The molecule has 4 aromatic rings. The number of rotatable bonds is 4. The Labute approximate surface area is 230 Å². The molecular weight excluding hydrogens is 574 g/mol. The molecule has 2 N–H and O–H groups in total. The molecule has 38 heavy (non-hydrogen) atoms. The van der Waals surface area contributed by atoms with Gasteiger partial charge in [-0.15, -0.1) is 0 Å². The van der Waals surface area contributed by atoms with Gasteiger partial charge < -0.3 is 10.5 Å². The number of aryl methyl sites for hydroxylation is 1. The van der Waals surface area contributed by atoms with Crippen LogP contribution in [-0.2, 0) is 26.6 Å². The molecule has 10 nitrogen and oxygen atoms in total. The van der Waals surface area contributed by atoms with Crippen molar-refractivity contribution in [2.45, 2.75) is 63.0 Å². The van der Waals surface area contributed by atoms with E-state index in [-0.39, 0.29) is 22.2 Å². The molecule has 1 fully saturated rings.